The molecule has 0 spiro atoms. The van der Waals surface area contributed by atoms with Crippen LogP contribution in [0.3, 0.4) is 0 Å². The quantitative estimate of drug-likeness (QED) is 0.158. The molecule has 6 atom stereocenters. The van der Waals surface area contributed by atoms with Crippen LogP contribution in [0.5, 0.6) is 0 Å². The summed E-state index contributed by atoms with van der Waals surface area (Å²) in [6.07, 6.45) is 13.9. The summed E-state index contributed by atoms with van der Waals surface area (Å²) < 4.78 is 23.3. The Morgan fingerprint density at radius 3 is 2.50 bits per heavy atom. The number of ether oxygens (including phenoxy) is 2. The summed E-state index contributed by atoms with van der Waals surface area (Å²) in [4.78, 5) is 12.9. The molecule has 5 nitrogen and oxygen atoms in total. The van der Waals surface area contributed by atoms with Crippen LogP contribution in [0.4, 0.5) is 0 Å². The number of carbonyl (C=O) groups excluding carboxylic acids is 1. The number of hydrogen-bond donors (Lipinski definition) is 0. The van der Waals surface area contributed by atoms with Crippen molar-refractivity contribution < 1.29 is 18.5 Å². The molecule has 1 aliphatic carbocycles. The molecule has 1 rings (SSSR count). The molecular weight excluding hydrogens is 398 g/mol. The standard InChI is InChI=1S/C24H43NO4S/c1-7-25(15-8-9-16-26)19-22-12-13-23(22)24(4,29-18-17-28-5)14-10-11-20(2)21(3)30(6)27/h8-10,14,16,20-23H,7,11-13,15,17-19H2,1-6H3/b9-8+,14-10+/t20?,21?,22?,23?,24-,30?/m0/s1. The highest BCUT2D eigenvalue weighted by Crippen LogP contribution is 2.45. The van der Waals surface area contributed by atoms with E-state index in [0.29, 0.717) is 31.0 Å². The van der Waals surface area contributed by atoms with Crippen molar-refractivity contribution in [3.8, 4) is 0 Å². The molecule has 0 aromatic carbocycles. The second-order valence-corrected chi connectivity index (χ2v) is 10.4. The molecule has 30 heavy (non-hydrogen) atoms. The molecule has 6 heteroatoms. The first kappa shape index (κ1) is 27.2. The maximum atomic E-state index is 11.8. The molecule has 0 bridgehead atoms. The molecule has 1 fully saturated rings. The van der Waals surface area contributed by atoms with Crippen LogP contribution in [0.2, 0.25) is 0 Å². The molecule has 0 aliphatic heterocycles. The van der Waals surface area contributed by atoms with E-state index < -0.39 is 10.8 Å². The second kappa shape index (κ2) is 14.3. The van der Waals surface area contributed by atoms with Gasteiger partial charge in [-0.05, 0) is 56.6 Å². The topological polar surface area (TPSA) is 55.8 Å². The van der Waals surface area contributed by atoms with Crippen LogP contribution in [0.15, 0.2) is 24.3 Å². The van der Waals surface area contributed by atoms with E-state index in [0.717, 1.165) is 38.8 Å². The van der Waals surface area contributed by atoms with Crippen LogP contribution >= 0.6 is 0 Å². The fraction of sp³-hybridized carbons (Fsp3) is 0.792. The Morgan fingerprint density at radius 1 is 1.23 bits per heavy atom. The molecule has 5 unspecified atom stereocenters. The molecule has 0 radical (unpaired) electrons. The van der Waals surface area contributed by atoms with E-state index in [9.17, 15) is 9.00 Å². The van der Waals surface area contributed by atoms with Gasteiger partial charge in [-0.3, -0.25) is 13.9 Å². The highest BCUT2D eigenvalue weighted by Gasteiger charge is 2.44. The smallest absolute Gasteiger partial charge is 0.142 e. The van der Waals surface area contributed by atoms with Crippen LogP contribution in [-0.2, 0) is 25.1 Å². The third-order valence-corrected chi connectivity index (χ3v) is 8.17. The van der Waals surface area contributed by atoms with Gasteiger partial charge in [-0.25, -0.2) is 0 Å². The van der Waals surface area contributed by atoms with E-state index in [-0.39, 0.29) is 10.9 Å². The monoisotopic (exact) mass is 441 g/mol. The normalized spacial score (nSPS) is 24.6. The number of methoxy groups -OCH3 is 1. The maximum Gasteiger partial charge on any atom is 0.142 e. The minimum absolute atomic E-state index is 0.185. The van der Waals surface area contributed by atoms with Crippen molar-refractivity contribution in [2.24, 2.45) is 17.8 Å². The third-order valence-electron chi connectivity index (χ3n) is 6.65. The fourth-order valence-corrected chi connectivity index (χ4v) is 4.90. The van der Waals surface area contributed by atoms with Gasteiger partial charge in [0.2, 0.25) is 0 Å². The summed E-state index contributed by atoms with van der Waals surface area (Å²) in [6.45, 7) is 12.5. The van der Waals surface area contributed by atoms with Gasteiger partial charge in [0, 0.05) is 42.5 Å². The minimum atomic E-state index is -0.802. The van der Waals surface area contributed by atoms with Crippen LogP contribution in [-0.4, -0.2) is 72.5 Å². The number of likely N-dealkylation sites (N-methyl/N-ethyl adjacent to an activating group) is 1. The predicted molar refractivity (Wildman–Crippen MR) is 126 cm³/mol. The number of nitrogens with zero attached hydrogens (tertiary/aromatic N) is 1. The summed E-state index contributed by atoms with van der Waals surface area (Å²) in [5.41, 5.74) is -0.326. The summed E-state index contributed by atoms with van der Waals surface area (Å²) in [6, 6.07) is 0. The average Bonchev–Trinajstić information content (AvgIpc) is 2.69. The number of allylic oxidation sites excluding steroid dienone is 2. The van der Waals surface area contributed by atoms with E-state index in [2.05, 4.69) is 44.7 Å². The molecule has 1 aliphatic rings. The van der Waals surface area contributed by atoms with Crippen molar-refractivity contribution in [2.75, 3.05) is 46.2 Å². The van der Waals surface area contributed by atoms with Crippen molar-refractivity contribution in [3.05, 3.63) is 24.3 Å². The largest absolute Gasteiger partial charge is 0.382 e. The summed E-state index contributed by atoms with van der Waals surface area (Å²) in [7, 11) is 0.895. The van der Waals surface area contributed by atoms with Gasteiger partial charge in [-0.1, -0.05) is 39.0 Å². The third kappa shape index (κ3) is 8.74. The zero-order valence-electron chi connectivity index (χ0n) is 19.8. The van der Waals surface area contributed by atoms with E-state index in [4.69, 9.17) is 9.47 Å². The van der Waals surface area contributed by atoms with Gasteiger partial charge in [0.05, 0.1) is 18.8 Å². The Balaban J connectivity index is 2.81. The van der Waals surface area contributed by atoms with Crippen LogP contribution in [0, 0.1) is 17.8 Å². The zero-order chi connectivity index (χ0) is 22.6. The van der Waals surface area contributed by atoms with Crippen LogP contribution in [0.1, 0.15) is 47.0 Å². The lowest BCUT2D eigenvalue weighted by atomic mass is 9.64. The Labute approximate surface area is 186 Å². The predicted octanol–water partition coefficient (Wildman–Crippen LogP) is 3.86. The van der Waals surface area contributed by atoms with Crippen molar-refractivity contribution in [2.45, 2.75) is 57.8 Å². The molecule has 0 saturated heterocycles. The number of rotatable bonds is 16. The minimum Gasteiger partial charge on any atom is -0.382 e. The van der Waals surface area contributed by atoms with Crippen LogP contribution in [0.25, 0.3) is 0 Å². The van der Waals surface area contributed by atoms with Crippen molar-refractivity contribution in [1.82, 2.24) is 4.90 Å². The van der Waals surface area contributed by atoms with E-state index in [1.807, 2.05) is 6.08 Å². The van der Waals surface area contributed by atoms with E-state index in [1.165, 1.54) is 6.42 Å². The summed E-state index contributed by atoms with van der Waals surface area (Å²) in [5.74, 6) is 1.40. The lowest BCUT2D eigenvalue weighted by molar-refractivity contribution is -0.104. The molecule has 0 N–H and O–H groups in total. The first-order valence-electron chi connectivity index (χ1n) is 11.2. The van der Waals surface area contributed by atoms with Gasteiger partial charge in [0.25, 0.3) is 0 Å². The number of carbonyl (C=O) groups is 1. The van der Waals surface area contributed by atoms with Gasteiger partial charge in [0.15, 0.2) is 0 Å². The Morgan fingerprint density at radius 2 is 1.97 bits per heavy atom. The second-order valence-electron chi connectivity index (χ2n) is 8.70. The van der Waals surface area contributed by atoms with Crippen LogP contribution < -0.4 is 0 Å². The summed E-state index contributed by atoms with van der Waals surface area (Å²) in [5, 5.41) is 0.185. The first-order chi connectivity index (χ1) is 14.3. The number of hydrogen-bond acceptors (Lipinski definition) is 5. The van der Waals surface area contributed by atoms with Crippen molar-refractivity contribution >= 4 is 17.1 Å². The lowest BCUT2D eigenvalue weighted by Crippen LogP contribution is -2.50. The Bertz CT molecular complexity index is 580. The van der Waals surface area contributed by atoms with Crippen molar-refractivity contribution in [3.63, 3.8) is 0 Å². The molecule has 174 valence electrons. The molecular formula is C24H43NO4S. The van der Waals surface area contributed by atoms with E-state index in [1.54, 1.807) is 19.4 Å². The van der Waals surface area contributed by atoms with E-state index >= 15 is 0 Å². The number of aldehydes is 1. The molecule has 1 saturated carbocycles. The zero-order valence-corrected chi connectivity index (χ0v) is 20.7. The highest BCUT2D eigenvalue weighted by atomic mass is 32.2. The fourth-order valence-electron chi connectivity index (χ4n) is 4.13. The SMILES string of the molecule is CCN(C/C=C/C=O)CC1CCC1[C@](C)(/C=C/CC(C)C(C)S(C)=O)OCCOC. The van der Waals surface area contributed by atoms with Gasteiger partial charge in [0.1, 0.15) is 6.29 Å². The van der Waals surface area contributed by atoms with Gasteiger partial charge in [-0.2, -0.15) is 0 Å². The van der Waals surface area contributed by atoms with Gasteiger partial charge >= 0.3 is 0 Å². The Kier molecular flexibility index (Phi) is 13.0. The van der Waals surface area contributed by atoms with Gasteiger partial charge < -0.3 is 9.47 Å². The Hall–Kier alpha value is -0.820. The van der Waals surface area contributed by atoms with Gasteiger partial charge in [-0.15, -0.1) is 0 Å². The summed E-state index contributed by atoms with van der Waals surface area (Å²) >= 11 is 0. The maximum absolute atomic E-state index is 11.8. The molecule has 0 aromatic rings. The molecule has 0 aromatic heterocycles. The first-order valence-corrected chi connectivity index (χ1v) is 12.9. The highest BCUT2D eigenvalue weighted by molar-refractivity contribution is 7.84. The van der Waals surface area contributed by atoms with Crippen molar-refractivity contribution in [1.29, 1.82) is 0 Å². The molecule has 0 heterocycles. The average molecular weight is 442 g/mol. The lowest BCUT2D eigenvalue weighted by Gasteiger charge is -2.48. The molecule has 0 amide bonds.